The molecule has 8 heteroatoms. The summed E-state index contributed by atoms with van der Waals surface area (Å²) in [6.45, 7) is 5.17. The molecule has 152 valence electrons. The van der Waals surface area contributed by atoms with E-state index in [1.54, 1.807) is 6.07 Å². The molecule has 1 aliphatic rings. The average molecular weight is 398 g/mol. The minimum Gasteiger partial charge on any atom is -0.454 e. The van der Waals surface area contributed by atoms with Crippen molar-refractivity contribution in [2.45, 2.75) is 20.8 Å². The second-order valence-electron chi connectivity index (χ2n) is 6.74. The first-order valence-electron chi connectivity index (χ1n) is 9.04. The summed E-state index contributed by atoms with van der Waals surface area (Å²) < 4.78 is 15.3. The molecule has 2 N–H and O–H groups in total. The molecule has 8 nitrogen and oxygen atoms in total. The topological polar surface area (TPSA) is 103 Å². The lowest BCUT2D eigenvalue weighted by molar-refractivity contribution is -0.126. The van der Waals surface area contributed by atoms with E-state index in [0.29, 0.717) is 11.5 Å². The standard InChI is InChI=1S/C21H22N2O6/c1-12-6-13(2)20(14(3)7-12)23-18(24)9-22-19(25)10-27-21(26)15-4-5-16-17(8-15)29-11-28-16/h4-8H,9-11H2,1-3H3,(H,22,25)(H,23,24). The van der Waals surface area contributed by atoms with Gasteiger partial charge in [-0.05, 0) is 50.1 Å². The zero-order valence-corrected chi connectivity index (χ0v) is 16.5. The number of anilines is 1. The maximum Gasteiger partial charge on any atom is 0.338 e. The predicted molar refractivity (Wildman–Crippen MR) is 105 cm³/mol. The number of aryl methyl sites for hydroxylation is 3. The van der Waals surface area contributed by atoms with Crippen molar-refractivity contribution < 1.29 is 28.6 Å². The van der Waals surface area contributed by atoms with Crippen molar-refractivity contribution in [3.05, 3.63) is 52.6 Å². The first-order valence-corrected chi connectivity index (χ1v) is 9.04. The SMILES string of the molecule is Cc1cc(C)c(NC(=O)CNC(=O)COC(=O)c2ccc3c(c2)OCO3)c(C)c1. The molecule has 0 bridgehead atoms. The van der Waals surface area contributed by atoms with Gasteiger partial charge < -0.3 is 24.8 Å². The quantitative estimate of drug-likeness (QED) is 0.724. The van der Waals surface area contributed by atoms with Gasteiger partial charge in [-0.25, -0.2) is 4.79 Å². The first-order chi connectivity index (χ1) is 13.8. The normalized spacial score (nSPS) is 11.7. The fourth-order valence-electron chi connectivity index (χ4n) is 3.03. The van der Waals surface area contributed by atoms with Gasteiger partial charge >= 0.3 is 5.97 Å². The number of amides is 2. The summed E-state index contributed by atoms with van der Waals surface area (Å²) >= 11 is 0. The zero-order chi connectivity index (χ0) is 21.0. The molecule has 2 amide bonds. The van der Waals surface area contributed by atoms with Gasteiger partial charge in [-0.3, -0.25) is 9.59 Å². The molecule has 0 saturated heterocycles. The van der Waals surface area contributed by atoms with Crippen molar-refractivity contribution in [3.63, 3.8) is 0 Å². The minimum atomic E-state index is -0.672. The van der Waals surface area contributed by atoms with E-state index in [1.165, 1.54) is 12.1 Å². The van der Waals surface area contributed by atoms with Crippen LogP contribution < -0.4 is 20.1 Å². The van der Waals surface area contributed by atoms with Crippen LogP contribution in [-0.4, -0.2) is 37.7 Å². The number of carbonyl (C=O) groups is 3. The molecule has 1 aliphatic heterocycles. The third-order valence-electron chi connectivity index (χ3n) is 4.33. The minimum absolute atomic E-state index is 0.0972. The van der Waals surface area contributed by atoms with Crippen LogP contribution in [0.2, 0.25) is 0 Å². The second-order valence-corrected chi connectivity index (χ2v) is 6.74. The fourth-order valence-corrected chi connectivity index (χ4v) is 3.03. The highest BCUT2D eigenvalue weighted by Gasteiger charge is 2.18. The Hall–Kier alpha value is -3.55. The molecule has 2 aromatic rings. The van der Waals surface area contributed by atoms with Crippen molar-refractivity contribution in [1.29, 1.82) is 0 Å². The van der Waals surface area contributed by atoms with Crippen molar-refractivity contribution >= 4 is 23.5 Å². The van der Waals surface area contributed by atoms with E-state index in [4.69, 9.17) is 14.2 Å². The molecule has 0 atom stereocenters. The monoisotopic (exact) mass is 398 g/mol. The van der Waals surface area contributed by atoms with Crippen LogP contribution in [0.4, 0.5) is 5.69 Å². The highest BCUT2D eigenvalue weighted by Crippen LogP contribution is 2.32. The van der Waals surface area contributed by atoms with Gasteiger partial charge in [0.2, 0.25) is 12.7 Å². The lowest BCUT2D eigenvalue weighted by Crippen LogP contribution is -2.35. The molecule has 0 radical (unpaired) electrons. The van der Waals surface area contributed by atoms with Gasteiger partial charge in [-0.1, -0.05) is 17.7 Å². The maximum atomic E-state index is 12.1. The number of hydrogen-bond acceptors (Lipinski definition) is 6. The van der Waals surface area contributed by atoms with Crippen LogP contribution in [0.3, 0.4) is 0 Å². The Morgan fingerprint density at radius 2 is 1.66 bits per heavy atom. The molecule has 3 rings (SSSR count). The number of rotatable bonds is 6. The van der Waals surface area contributed by atoms with E-state index >= 15 is 0 Å². The molecule has 29 heavy (non-hydrogen) atoms. The number of carbonyl (C=O) groups excluding carboxylic acids is 3. The Morgan fingerprint density at radius 3 is 2.38 bits per heavy atom. The van der Waals surface area contributed by atoms with Gasteiger partial charge in [0.1, 0.15) is 0 Å². The average Bonchev–Trinajstić information content (AvgIpc) is 3.15. The molecular weight excluding hydrogens is 376 g/mol. The second kappa shape index (κ2) is 8.64. The van der Waals surface area contributed by atoms with E-state index in [0.717, 1.165) is 22.4 Å². The van der Waals surface area contributed by atoms with Crippen LogP contribution in [0.5, 0.6) is 11.5 Å². The number of hydrogen-bond donors (Lipinski definition) is 2. The molecule has 0 saturated carbocycles. The summed E-state index contributed by atoms with van der Waals surface area (Å²) in [6.07, 6.45) is 0. The number of ether oxygens (including phenoxy) is 3. The Labute approximate surface area is 168 Å². The van der Waals surface area contributed by atoms with E-state index in [9.17, 15) is 14.4 Å². The number of nitrogens with one attached hydrogen (secondary N) is 2. The Morgan fingerprint density at radius 1 is 0.966 bits per heavy atom. The maximum absolute atomic E-state index is 12.1. The number of benzene rings is 2. The largest absolute Gasteiger partial charge is 0.454 e. The zero-order valence-electron chi connectivity index (χ0n) is 16.5. The predicted octanol–water partition coefficient (Wildman–Crippen LogP) is 2.25. The van der Waals surface area contributed by atoms with Gasteiger partial charge in [-0.15, -0.1) is 0 Å². The smallest absolute Gasteiger partial charge is 0.338 e. The molecule has 0 fully saturated rings. The van der Waals surface area contributed by atoms with E-state index < -0.39 is 18.5 Å². The van der Waals surface area contributed by atoms with Crippen molar-refractivity contribution in [2.24, 2.45) is 0 Å². The van der Waals surface area contributed by atoms with Gasteiger partial charge in [0.15, 0.2) is 18.1 Å². The first kappa shape index (κ1) is 20.2. The van der Waals surface area contributed by atoms with Crippen LogP contribution in [0, 0.1) is 20.8 Å². The van der Waals surface area contributed by atoms with Crippen LogP contribution in [0.1, 0.15) is 27.0 Å². The van der Waals surface area contributed by atoms with Gasteiger partial charge in [-0.2, -0.15) is 0 Å². The van der Waals surface area contributed by atoms with Crippen molar-refractivity contribution in [1.82, 2.24) is 5.32 Å². The van der Waals surface area contributed by atoms with Crippen LogP contribution in [0.15, 0.2) is 30.3 Å². The summed E-state index contributed by atoms with van der Waals surface area (Å²) in [6, 6.07) is 8.54. The summed E-state index contributed by atoms with van der Waals surface area (Å²) in [5, 5.41) is 5.22. The Balaban J connectivity index is 1.45. The lowest BCUT2D eigenvalue weighted by Gasteiger charge is -2.13. The van der Waals surface area contributed by atoms with E-state index in [-0.39, 0.29) is 24.8 Å². The molecule has 0 spiro atoms. The molecular formula is C21H22N2O6. The number of fused-ring (bicyclic) bond motifs is 1. The van der Waals surface area contributed by atoms with Crippen LogP contribution in [-0.2, 0) is 14.3 Å². The summed E-state index contributed by atoms with van der Waals surface area (Å²) in [5.74, 6) is -0.623. The third kappa shape index (κ3) is 5.04. The van der Waals surface area contributed by atoms with Crippen LogP contribution >= 0.6 is 0 Å². The molecule has 1 heterocycles. The fraction of sp³-hybridized carbons (Fsp3) is 0.286. The molecule has 0 unspecified atom stereocenters. The Bertz CT molecular complexity index is 947. The van der Waals surface area contributed by atoms with E-state index in [2.05, 4.69) is 10.6 Å². The highest BCUT2D eigenvalue weighted by molar-refractivity contribution is 5.96. The lowest BCUT2D eigenvalue weighted by atomic mass is 10.1. The third-order valence-corrected chi connectivity index (χ3v) is 4.33. The highest BCUT2D eigenvalue weighted by atomic mass is 16.7. The number of esters is 1. The van der Waals surface area contributed by atoms with Gasteiger partial charge in [0.05, 0.1) is 12.1 Å². The van der Waals surface area contributed by atoms with Gasteiger partial charge in [0.25, 0.3) is 5.91 Å². The molecule has 0 aliphatic carbocycles. The molecule has 2 aromatic carbocycles. The van der Waals surface area contributed by atoms with Gasteiger partial charge in [0, 0.05) is 5.69 Å². The summed E-state index contributed by atoms with van der Waals surface area (Å²) in [4.78, 5) is 36.1. The van der Waals surface area contributed by atoms with Crippen molar-refractivity contribution in [2.75, 3.05) is 25.3 Å². The summed E-state index contributed by atoms with van der Waals surface area (Å²) in [5.41, 5.74) is 3.96. The van der Waals surface area contributed by atoms with Crippen molar-refractivity contribution in [3.8, 4) is 11.5 Å². The van der Waals surface area contributed by atoms with E-state index in [1.807, 2.05) is 32.9 Å². The summed E-state index contributed by atoms with van der Waals surface area (Å²) in [7, 11) is 0. The molecule has 0 aromatic heterocycles. The van der Waals surface area contributed by atoms with Crippen LogP contribution in [0.25, 0.3) is 0 Å². The Kier molecular flexibility index (Phi) is 6.01.